The van der Waals surface area contributed by atoms with E-state index in [1.807, 2.05) is 18.9 Å². The number of benzene rings is 1. The zero-order valence-electron chi connectivity index (χ0n) is 9.70. The molecular weight excluding hydrogens is 277 g/mol. The Hall–Kier alpha value is -1.49. The Labute approximate surface area is 112 Å². The highest BCUT2D eigenvalue weighted by Crippen LogP contribution is 2.40. The van der Waals surface area contributed by atoms with Crippen molar-refractivity contribution in [3.8, 4) is 0 Å². The van der Waals surface area contributed by atoms with Crippen molar-refractivity contribution < 1.29 is 9.18 Å². The quantitative estimate of drug-likeness (QED) is 0.640. The van der Waals surface area contributed by atoms with Crippen molar-refractivity contribution >= 4 is 50.1 Å². The SMILES string of the molecule is CCN(C)c1nc2c(Cl)cc(F)c(N=C=O)c2s1. The van der Waals surface area contributed by atoms with Gasteiger partial charge in [0.2, 0.25) is 6.08 Å². The lowest BCUT2D eigenvalue weighted by Gasteiger charge is -2.10. The maximum Gasteiger partial charge on any atom is 0.240 e. The number of carbonyl (C=O) groups excluding carboxylic acids is 1. The van der Waals surface area contributed by atoms with E-state index in [2.05, 4.69) is 9.98 Å². The molecule has 2 rings (SSSR count). The number of anilines is 1. The fourth-order valence-electron chi connectivity index (χ4n) is 1.44. The van der Waals surface area contributed by atoms with Crippen LogP contribution < -0.4 is 4.90 Å². The standard InChI is InChI=1S/C11H9ClFN3OS/c1-3-16(2)11-15-8-6(12)4-7(13)9(14-5-17)10(8)18-11/h4H,3H2,1-2H3. The van der Waals surface area contributed by atoms with Gasteiger partial charge in [-0.3, -0.25) is 0 Å². The highest BCUT2D eigenvalue weighted by molar-refractivity contribution is 7.22. The molecule has 0 atom stereocenters. The molecule has 94 valence electrons. The first-order valence-corrected chi connectivity index (χ1v) is 6.35. The van der Waals surface area contributed by atoms with Gasteiger partial charge in [0.1, 0.15) is 11.2 Å². The van der Waals surface area contributed by atoms with Crippen LogP contribution in [0.3, 0.4) is 0 Å². The number of aromatic nitrogens is 1. The summed E-state index contributed by atoms with van der Waals surface area (Å²) in [5, 5.41) is 0.904. The Morgan fingerprint density at radius 2 is 2.39 bits per heavy atom. The molecule has 18 heavy (non-hydrogen) atoms. The van der Waals surface area contributed by atoms with Gasteiger partial charge in [0.15, 0.2) is 10.9 Å². The molecule has 0 aliphatic carbocycles. The van der Waals surface area contributed by atoms with E-state index in [1.54, 1.807) is 0 Å². The molecule has 0 unspecified atom stereocenters. The fraction of sp³-hybridized carbons (Fsp3) is 0.273. The largest absolute Gasteiger partial charge is 0.351 e. The molecular formula is C11H9ClFN3OS. The summed E-state index contributed by atoms with van der Waals surface area (Å²) in [5.41, 5.74) is 0.394. The predicted molar refractivity (Wildman–Crippen MR) is 71.3 cm³/mol. The highest BCUT2D eigenvalue weighted by atomic mass is 35.5. The van der Waals surface area contributed by atoms with E-state index in [-0.39, 0.29) is 10.7 Å². The minimum Gasteiger partial charge on any atom is -0.351 e. The van der Waals surface area contributed by atoms with E-state index in [0.717, 1.165) is 12.6 Å². The normalized spacial score (nSPS) is 10.4. The summed E-state index contributed by atoms with van der Waals surface area (Å²) < 4.78 is 14.1. The highest BCUT2D eigenvalue weighted by Gasteiger charge is 2.17. The second-order valence-electron chi connectivity index (χ2n) is 3.58. The number of aliphatic imine (C=N–C) groups is 1. The maximum absolute atomic E-state index is 13.7. The van der Waals surface area contributed by atoms with Crippen LogP contribution >= 0.6 is 22.9 Å². The van der Waals surface area contributed by atoms with E-state index >= 15 is 0 Å². The second kappa shape index (κ2) is 5.02. The van der Waals surface area contributed by atoms with E-state index in [9.17, 15) is 9.18 Å². The molecule has 0 N–H and O–H groups in total. The van der Waals surface area contributed by atoms with Crippen LogP contribution in [0.2, 0.25) is 5.02 Å². The van der Waals surface area contributed by atoms with Crippen LogP contribution in [0, 0.1) is 5.82 Å². The summed E-state index contributed by atoms with van der Waals surface area (Å²) >= 11 is 7.18. The molecule has 0 saturated heterocycles. The number of fused-ring (bicyclic) bond motifs is 1. The van der Waals surface area contributed by atoms with Crippen LogP contribution in [0.25, 0.3) is 10.2 Å². The van der Waals surface area contributed by atoms with Crippen molar-refractivity contribution in [1.29, 1.82) is 0 Å². The molecule has 0 aliphatic heterocycles. The molecule has 4 nitrogen and oxygen atoms in total. The van der Waals surface area contributed by atoms with E-state index < -0.39 is 5.82 Å². The van der Waals surface area contributed by atoms with Crippen molar-refractivity contribution in [3.63, 3.8) is 0 Å². The minimum absolute atomic E-state index is 0.0577. The molecule has 1 aromatic heterocycles. The number of isocyanates is 1. The molecule has 1 heterocycles. The third-order valence-corrected chi connectivity index (χ3v) is 3.96. The lowest BCUT2D eigenvalue weighted by atomic mass is 10.3. The van der Waals surface area contributed by atoms with Crippen molar-refractivity contribution in [1.82, 2.24) is 4.98 Å². The van der Waals surface area contributed by atoms with Gasteiger partial charge in [0.25, 0.3) is 0 Å². The number of nitrogens with zero attached hydrogens (tertiary/aromatic N) is 3. The molecule has 2 aromatic rings. The van der Waals surface area contributed by atoms with Crippen molar-refractivity contribution in [3.05, 3.63) is 16.9 Å². The average molecular weight is 286 g/mol. The van der Waals surface area contributed by atoms with Crippen molar-refractivity contribution in [2.45, 2.75) is 6.92 Å². The van der Waals surface area contributed by atoms with Crippen LogP contribution in [0.4, 0.5) is 15.2 Å². The molecule has 0 bridgehead atoms. The number of halogens is 2. The van der Waals surface area contributed by atoms with Crippen LogP contribution in [-0.2, 0) is 4.79 Å². The van der Waals surface area contributed by atoms with E-state index in [4.69, 9.17) is 11.6 Å². The number of hydrogen-bond acceptors (Lipinski definition) is 5. The second-order valence-corrected chi connectivity index (χ2v) is 4.96. The number of thiazole rings is 1. The Morgan fingerprint density at radius 1 is 1.67 bits per heavy atom. The van der Waals surface area contributed by atoms with E-state index in [0.29, 0.717) is 15.3 Å². The van der Waals surface area contributed by atoms with Crippen LogP contribution in [-0.4, -0.2) is 24.7 Å². The molecule has 1 aromatic carbocycles. The van der Waals surface area contributed by atoms with Gasteiger partial charge in [0.05, 0.1) is 9.72 Å². The minimum atomic E-state index is -0.648. The molecule has 0 saturated carbocycles. The summed E-state index contributed by atoms with van der Waals surface area (Å²) in [6.07, 6.45) is 1.35. The first kappa shape index (κ1) is 13.0. The zero-order chi connectivity index (χ0) is 13.3. The smallest absolute Gasteiger partial charge is 0.240 e. The third-order valence-electron chi connectivity index (χ3n) is 2.50. The number of hydrogen-bond donors (Lipinski definition) is 0. The monoisotopic (exact) mass is 285 g/mol. The van der Waals surface area contributed by atoms with Crippen molar-refractivity contribution in [2.75, 3.05) is 18.5 Å². The van der Waals surface area contributed by atoms with Gasteiger partial charge in [-0.25, -0.2) is 14.2 Å². The maximum atomic E-state index is 13.7. The summed E-state index contributed by atoms with van der Waals surface area (Å²) in [6, 6.07) is 1.11. The average Bonchev–Trinajstić information content (AvgIpc) is 2.78. The lowest BCUT2D eigenvalue weighted by Crippen LogP contribution is -2.14. The van der Waals surface area contributed by atoms with Crippen LogP contribution in [0.5, 0.6) is 0 Å². The summed E-state index contributed by atoms with van der Waals surface area (Å²) in [4.78, 5) is 19.9. The van der Waals surface area contributed by atoms with Gasteiger partial charge in [0, 0.05) is 13.6 Å². The van der Waals surface area contributed by atoms with Gasteiger partial charge in [-0.15, -0.1) is 0 Å². The van der Waals surface area contributed by atoms with Gasteiger partial charge in [-0.05, 0) is 13.0 Å². The lowest BCUT2D eigenvalue weighted by molar-refractivity contribution is 0.564. The molecule has 0 radical (unpaired) electrons. The Morgan fingerprint density at radius 3 is 3.00 bits per heavy atom. The zero-order valence-corrected chi connectivity index (χ0v) is 11.3. The van der Waals surface area contributed by atoms with Gasteiger partial charge in [-0.1, -0.05) is 22.9 Å². The summed E-state index contributed by atoms with van der Waals surface area (Å²) in [6.45, 7) is 2.73. The van der Waals surface area contributed by atoms with E-state index in [1.165, 1.54) is 17.4 Å². The fourth-order valence-corrected chi connectivity index (χ4v) is 2.82. The van der Waals surface area contributed by atoms with Crippen molar-refractivity contribution in [2.24, 2.45) is 4.99 Å². The summed E-state index contributed by atoms with van der Waals surface area (Å²) in [7, 11) is 1.87. The van der Waals surface area contributed by atoms with Crippen LogP contribution in [0.15, 0.2) is 11.1 Å². The molecule has 0 aliphatic rings. The summed E-state index contributed by atoms with van der Waals surface area (Å²) in [5.74, 6) is -0.648. The van der Waals surface area contributed by atoms with Gasteiger partial charge >= 0.3 is 0 Å². The third kappa shape index (κ3) is 2.10. The first-order chi connectivity index (χ1) is 8.58. The topological polar surface area (TPSA) is 45.6 Å². The molecule has 0 spiro atoms. The van der Waals surface area contributed by atoms with Crippen LogP contribution in [0.1, 0.15) is 6.92 Å². The number of rotatable bonds is 3. The molecule has 0 amide bonds. The Balaban J connectivity index is 2.77. The predicted octanol–water partition coefficient (Wildman–Crippen LogP) is 3.51. The Kier molecular flexibility index (Phi) is 3.61. The van der Waals surface area contributed by atoms with Gasteiger partial charge in [-0.2, -0.15) is 4.99 Å². The Bertz CT molecular complexity index is 651. The van der Waals surface area contributed by atoms with Gasteiger partial charge < -0.3 is 4.90 Å². The first-order valence-electron chi connectivity index (χ1n) is 5.16. The molecule has 7 heteroatoms. The molecule has 0 fully saturated rings.